The summed E-state index contributed by atoms with van der Waals surface area (Å²) in [5.41, 5.74) is -0.0790. The summed E-state index contributed by atoms with van der Waals surface area (Å²) < 4.78 is 19.0. The predicted molar refractivity (Wildman–Crippen MR) is 87.7 cm³/mol. The van der Waals surface area contributed by atoms with Gasteiger partial charge in [-0.15, -0.1) is 0 Å². The van der Waals surface area contributed by atoms with Gasteiger partial charge in [0, 0.05) is 7.05 Å². The van der Waals surface area contributed by atoms with E-state index in [2.05, 4.69) is 5.32 Å². The Hall–Kier alpha value is -2.63. The van der Waals surface area contributed by atoms with Crippen LogP contribution in [0.4, 0.5) is 4.39 Å². The molecule has 0 aliphatic rings. The zero-order valence-electron chi connectivity index (χ0n) is 14.0. The summed E-state index contributed by atoms with van der Waals surface area (Å²) in [4.78, 5) is 26.4. The molecule has 1 aromatic carbocycles. The molecule has 0 radical (unpaired) electrons. The molecule has 0 spiro atoms. The number of amides is 2. The van der Waals surface area contributed by atoms with Gasteiger partial charge in [-0.1, -0.05) is 26.0 Å². The van der Waals surface area contributed by atoms with Gasteiger partial charge in [-0.2, -0.15) is 0 Å². The second-order valence-corrected chi connectivity index (χ2v) is 5.95. The quantitative estimate of drug-likeness (QED) is 0.885. The Labute approximate surface area is 140 Å². The van der Waals surface area contributed by atoms with Gasteiger partial charge < -0.3 is 14.6 Å². The molecule has 1 unspecified atom stereocenters. The Kier molecular flexibility index (Phi) is 5.73. The average molecular weight is 332 g/mol. The smallest absolute Gasteiger partial charge is 0.254 e. The normalized spacial score (nSPS) is 12.0. The first-order valence-corrected chi connectivity index (χ1v) is 7.73. The third-order valence-electron chi connectivity index (χ3n) is 3.69. The van der Waals surface area contributed by atoms with Crippen molar-refractivity contribution in [3.05, 3.63) is 59.8 Å². The van der Waals surface area contributed by atoms with Crippen LogP contribution in [-0.4, -0.2) is 29.8 Å². The molecular formula is C18H21FN2O3. The fourth-order valence-electron chi connectivity index (χ4n) is 2.33. The van der Waals surface area contributed by atoms with Crippen LogP contribution in [0.2, 0.25) is 0 Å². The molecule has 0 aliphatic heterocycles. The molecule has 2 aromatic rings. The molecule has 0 saturated carbocycles. The van der Waals surface area contributed by atoms with E-state index in [4.69, 9.17) is 4.42 Å². The largest absolute Gasteiger partial charge is 0.467 e. The van der Waals surface area contributed by atoms with Crippen LogP contribution in [0.15, 0.2) is 47.1 Å². The second kappa shape index (κ2) is 7.77. The fourth-order valence-corrected chi connectivity index (χ4v) is 2.33. The van der Waals surface area contributed by atoms with Gasteiger partial charge in [0.15, 0.2) is 0 Å². The highest BCUT2D eigenvalue weighted by molar-refractivity contribution is 5.97. The molecule has 24 heavy (non-hydrogen) atoms. The summed E-state index contributed by atoms with van der Waals surface area (Å²) in [7, 11) is 1.63. The van der Waals surface area contributed by atoms with E-state index in [1.54, 1.807) is 25.2 Å². The zero-order chi connectivity index (χ0) is 17.7. The number of hydrogen-bond acceptors (Lipinski definition) is 3. The molecule has 1 atom stereocenters. The fraction of sp³-hybridized carbons (Fsp3) is 0.333. The number of rotatable bonds is 6. The van der Waals surface area contributed by atoms with Crippen molar-refractivity contribution in [3.63, 3.8) is 0 Å². The summed E-state index contributed by atoms with van der Waals surface area (Å²) in [6, 6.07) is 8.45. The van der Waals surface area contributed by atoms with Crippen LogP contribution in [0.3, 0.4) is 0 Å². The van der Waals surface area contributed by atoms with Crippen LogP contribution in [0, 0.1) is 11.7 Å². The number of likely N-dealkylation sites (N-methyl/N-ethyl adjacent to an activating group) is 1. The molecule has 0 fully saturated rings. The lowest BCUT2D eigenvalue weighted by atomic mass is 10.0. The number of furan rings is 1. The topological polar surface area (TPSA) is 62.6 Å². The molecule has 1 heterocycles. The van der Waals surface area contributed by atoms with Crippen LogP contribution < -0.4 is 5.32 Å². The highest BCUT2D eigenvalue weighted by atomic mass is 19.1. The SMILES string of the molecule is CC(C)C(NC(=O)c1ccccc1F)C(=O)N(C)Cc1ccco1. The van der Waals surface area contributed by atoms with Crippen LogP contribution in [0.1, 0.15) is 30.0 Å². The standard InChI is InChI=1S/C18H21FN2O3/c1-12(2)16(18(23)21(3)11-13-7-6-10-24-13)20-17(22)14-8-4-5-9-15(14)19/h4-10,12,16H,11H2,1-3H3,(H,20,22). The van der Waals surface area contributed by atoms with Crippen molar-refractivity contribution in [1.29, 1.82) is 0 Å². The van der Waals surface area contributed by atoms with Gasteiger partial charge in [0.1, 0.15) is 17.6 Å². The number of nitrogens with zero attached hydrogens (tertiary/aromatic N) is 1. The van der Waals surface area contributed by atoms with Crippen molar-refractivity contribution in [3.8, 4) is 0 Å². The molecule has 0 bridgehead atoms. The zero-order valence-corrected chi connectivity index (χ0v) is 14.0. The Morgan fingerprint density at radius 3 is 2.50 bits per heavy atom. The second-order valence-electron chi connectivity index (χ2n) is 5.95. The molecule has 5 nitrogen and oxygen atoms in total. The minimum atomic E-state index is -0.753. The molecular weight excluding hydrogens is 311 g/mol. The molecule has 2 rings (SSSR count). The van der Waals surface area contributed by atoms with Crippen molar-refractivity contribution in [1.82, 2.24) is 10.2 Å². The maximum atomic E-state index is 13.7. The number of carbonyl (C=O) groups excluding carboxylic acids is 2. The monoisotopic (exact) mass is 332 g/mol. The van der Waals surface area contributed by atoms with Crippen LogP contribution >= 0.6 is 0 Å². The van der Waals surface area contributed by atoms with Crippen molar-refractivity contribution < 1.29 is 18.4 Å². The minimum Gasteiger partial charge on any atom is -0.467 e. The number of carbonyl (C=O) groups is 2. The first kappa shape index (κ1) is 17.7. The molecule has 1 aromatic heterocycles. The number of nitrogens with one attached hydrogen (secondary N) is 1. The van der Waals surface area contributed by atoms with E-state index in [1.165, 1.54) is 29.4 Å². The van der Waals surface area contributed by atoms with Crippen LogP contribution in [0.5, 0.6) is 0 Å². The number of halogens is 1. The van der Waals surface area contributed by atoms with Gasteiger partial charge in [0.25, 0.3) is 5.91 Å². The summed E-state index contributed by atoms with van der Waals surface area (Å²) in [5, 5.41) is 2.63. The summed E-state index contributed by atoms with van der Waals surface area (Å²) >= 11 is 0. The molecule has 0 saturated heterocycles. The van der Waals surface area contributed by atoms with E-state index in [9.17, 15) is 14.0 Å². The molecule has 0 aliphatic carbocycles. The van der Waals surface area contributed by atoms with E-state index in [-0.39, 0.29) is 17.4 Å². The van der Waals surface area contributed by atoms with Gasteiger partial charge in [-0.25, -0.2) is 4.39 Å². The Morgan fingerprint density at radius 1 is 1.21 bits per heavy atom. The predicted octanol–water partition coefficient (Wildman–Crippen LogP) is 2.83. The summed E-state index contributed by atoms with van der Waals surface area (Å²) in [6.07, 6.45) is 1.54. The van der Waals surface area contributed by atoms with Crippen LogP contribution in [0.25, 0.3) is 0 Å². The lowest BCUT2D eigenvalue weighted by Gasteiger charge is -2.26. The summed E-state index contributed by atoms with van der Waals surface area (Å²) in [5.74, 6) is -0.979. The number of benzene rings is 1. The lowest BCUT2D eigenvalue weighted by Crippen LogP contribution is -2.50. The first-order valence-electron chi connectivity index (χ1n) is 7.73. The maximum Gasteiger partial charge on any atom is 0.254 e. The van der Waals surface area contributed by atoms with E-state index in [0.717, 1.165) is 0 Å². The third-order valence-corrected chi connectivity index (χ3v) is 3.69. The Balaban J connectivity index is 2.09. The first-order chi connectivity index (χ1) is 11.4. The van der Waals surface area contributed by atoms with Crippen molar-refractivity contribution in [2.24, 2.45) is 5.92 Å². The van der Waals surface area contributed by atoms with Crippen molar-refractivity contribution in [2.45, 2.75) is 26.4 Å². The average Bonchev–Trinajstić information content (AvgIpc) is 3.04. The van der Waals surface area contributed by atoms with Gasteiger partial charge in [-0.3, -0.25) is 9.59 Å². The van der Waals surface area contributed by atoms with Gasteiger partial charge in [-0.05, 0) is 30.2 Å². The Bertz CT molecular complexity index is 698. The molecule has 6 heteroatoms. The van der Waals surface area contributed by atoms with Gasteiger partial charge >= 0.3 is 0 Å². The van der Waals surface area contributed by atoms with Crippen LogP contribution in [-0.2, 0) is 11.3 Å². The van der Waals surface area contributed by atoms with Gasteiger partial charge in [0.05, 0.1) is 18.4 Å². The molecule has 1 N–H and O–H groups in total. The van der Waals surface area contributed by atoms with Gasteiger partial charge in [0.2, 0.25) is 5.91 Å². The lowest BCUT2D eigenvalue weighted by molar-refractivity contribution is -0.133. The van der Waals surface area contributed by atoms with E-state index >= 15 is 0 Å². The van der Waals surface area contributed by atoms with E-state index in [1.807, 2.05) is 13.8 Å². The Morgan fingerprint density at radius 2 is 1.92 bits per heavy atom. The maximum absolute atomic E-state index is 13.7. The molecule has 2 amide bonds. The van der Waals surface area contributed by atoms with Crippen molar-refractivity contribution >= 4 is 11.8 Å². The summed E-state index contributed by atoms with van der Waals surface area (Å²) in [6.45, 7) is 3.94. The number of hydrogen-bond donors (Lipinski definition) is 1. The molecule has 128 valence electrons. The highest BCUT2D eigenvalue weighted by Crippen LogP contribution is 2.12. The highest BCUT2D eigenvalue weighted by Gasteiger charge is 2.28. The third kappa shape index (κ3) is 4.22. The van der Waals surface area contributed by atoms with Crippen molar-refractivity contribution in [2.75, 3.05) is 7.05 Å². The van der Waals surface area contributed by atoms with E-state index in [0.29, 0.717) is 12.3 Å². The minimum absolute atomic E-state index is 0.0790. The van der Waals surface area contributed by atoms with E-state index < -0.39 is 17.8 Å².